The number of urea groups is 1. The third-order valence-electron chi connectivity index (χ3n) is 3.65. The fraction of sp³-hybridized carbons (Fsp3) is 0.643. The van der Waals surface area contributed by atoms with Gasteiger partial charge in [-0.15, -0.1) is 11.3 Å². The topological polar surface area (TPSA) is 82.5 Å². The van der Waals surface area contributed by atoms with E-state index in [1.54, 1.807) is 4.90 Å². The standard InChI is InChI=1S/C14H21N3O3S/c1-9-8-21-13(15-9)10(2)16-14(20)17-6-4-3-5-11(17)7-12(18)19/h8,10-11H,3-7H2,1-2H3,(H,16,20)(H,18,19). The molecule has 0 bridgehead atoms. The summed E-state index contributed by atoms with van der Waals surface area (Å²) in [6.07, 6.45) is 2.67. The van der Waals surface area contributed by atoms with Gasteiger partial charge in [0.1, 0.15) is 5.01 Å². The predicted molar refractivity (Wildman–Crippen MR) is 80.4 cm³/mol. The number of carboxylic acid groups (broad SMARTS) is 1. The molecule has 0 aromatic carbocycles. The number of amides is 2. The fourth-order valence-electron chi connectivity index (χ4n) is 2.58. The van der Waals surface area contributed by atoms with Gasteiger partial charge in [0.2, 0.25) is 0 Å². The van der Waals surface area contributed by atoms with Gasteiger partial charge in [-0.25, -0.2) is 9.78 Å². The van der Waals surface area contributed by atoms with Crippen LogP contribution in [0.2, 0.25) is 0 Å². The van der Waals surface area contributed by atoms with Crippen LogP contribution in [0.3, 0.4) is 0 Å². The Morgan fingerprint density at radius 1 is 1.57 bits per heavy atom. The Labute approximate surface area is 128 Å². The molecule has 2 rings (SSSR count). The van der Waals surface area contributed by atoms with Crippen molar-refractivity contribution in [2.45, 2.75) is 51.6 Å². The van der Waals surface area contributed by atoms with Gasteiger partial charge >= 0.3 is 12.0 Å². The van der Waals surface area contributed by atoms with Gasteiger partial charge in [-0.1, -0.05) is 0 Å². The number of carbonyl (C=O) groups excluding carboxylic acids is 1. The number of hydrogen-bond acceptors (Lipinski definition) is 4. The van der Waals surface area contributed by atoms with Crippen molar-refractivity contribution in [3.63, 3.8) is 0 Å². The Balaban J connectivity index is 1.98. The number of nitrogens with zero attached hydrogens (tertiary/aromatic N) is 2. The molecule has 1 fully saturated rings. The first-order chi connectivity index (χ1) is 9.97. The Kier molecular flexibility index (Phi) is 5.17. The molecule has 116 valence electrons. The molecule has 0 aliphatic carbocycles. The molecule has 2 unspecified atom stereocenters. The number of rotatable bonds is 4. The van der Waals surface area contributed by atoms with E-state index in [1.807, 2.05) is 19.2 Å². The zero-order valence-corrected chi connectivity index (χ0v) is 13.2. The summed E-state index contributed by atoms with van der Waals surface area (Å²) in [5.41, 5.74) is 0.942. The second-order valence-corrected chi connectivity index (χ2v) is 6.33. The van der Waals surface area contributed by atoms with Crippen LogP contribution in [0, 0.1) is 6.92 Å². The zero-order chi connectivity index (χ0) is 15.4. The number of aromatic nitrogens is 1. The second-order valence-electron chi connectivity index (χ2n) is 5.44. The molecule has 0 saturated carbocycles. The molecule has 1 aliphatic heterocycles. The number of likely N-dealkylation sites (tertiary alicyclic amines) is 1. The Morgan fingerprint density at radius 3 is 2.95 bits per heavy atom. The SMILES string of the molecule is Cc1csc(C(C)NC(=O)N2CCCCC2CC(=O)O)n1. The maximum absolute atomic E-state index is 12.4. The summed E-state index contributed by atoms with van der Waals surface area (Å²) in [4.78, 5) is 29.3. The van der Waals surface area contributed by atoms with E-state index in [9.17, 15) is 9.59 Å². The first kappa shape index (κ1) is 15.8. The third kappa shape index (κ3) is 4.17. The summed E-state index contributed by atoms with van der Waals surface area (Å²) in [6.45, 7) is 4.43. The number of hydrogen-bond donors (Lipinski definition) is 2. The van der Waals surface area contributed by atoms with Crippen LogP contribution in [-0.2, 0) is 4.79 Å². The summed E-state index contributed by atoms with van der Waals surface area (Å²) in [5.74, 6) is -0.858. The van der Waals surface area contributed by atoms with Crippen molar-refractivity contribution in [2.24, 2.45) is 0 Å². The van der Waals surface area contributed by atoms with Crippen LogP contribution >= 0.6 is 11.3 Å². The highest BCUT2D eigenvalue weighted by atomic mass is 32.1. The number of carboxylic acids is 1. The van der Waals surface area contributed by atoms with E-state index in [2.05, 4.69) is 10.3 Å². The van der Waals surface area contributed by atoms with Gasteiger partial charge in [0.05, 0.1) is 12.5 Å². The van der Waals surface area contributed by atoms with E-state index in [-0.39, 0.29) is 24.5 Å². The summed E-state index contributed by atoms with van der Waals surface area (Å²) in [7, 11) is 0. The van der Waals surface area contributed by atoms with E-state index in [4.69, 9.17) is 5.11 Å². The smallest absolute Gasteiger partial charge is 0.318 e. The number of carbonyl (C=O) groups is 2. The number of aryl methyl sites for hydroxylation is 1. The molecule has 0 spiro atoms. The van der Waals surface area contributed by atoms with Crippen LogP contribution in [0.25, 0.3) is 0 Å². The molecule has 2 N–H and O–H groups in total. The number of piperidine rings is 1. The van der Waals surface area contributed by atoms with Crippen molar-refractivity contribution in [3.05, 3.63) is 16.1 Å². The molecule has 1 aliphatic rings. The number of aliphatic carboxylic acids is 1. The first-order valence-electron chi connectivity index (χ1n) is 7.18. The lowest BCUT2D eigenvalue weighted by Gasteiger charge is -2.35. The van der Waals surface area contributed by atoms with Gasteiger partial charge in [0.15, 0.2) is 0 Å². The predicted octanol–water partition coefficient (Wildman–Crippen LogP) is 2.55. The average molecular weight is 311 g/mol. The quantitative estimate of drug-likeness (QED) is 0.895. The second kappa shape index (κ2) is 6.89. The highest BCUT2D eigenvalue weighted by molar-refractivity contribution is 7.09. The van der Waals surface area contributed by atoms with Gasteiger partial charge in [-0.2, -0.15) is 0 Å². The van der Waals surface area contributed by atoms with Gasteiger partial charge in [0.25, 0.3) is 0 Å². The Morgan fingerprint density at radius 2 is 2.33 bits per heavy atom. The van der Waals surface area contributed by atoms with Crippen molar-refractivity contribution in [1.82, 2.24) is 15.2 Å². The van der Waals surface area contributed by atoms with Crippen LogP contribution in [0.15, 0.2) is 5.38 Å². The zero-order valence-electron chi connectivity index (χ0n) is 12.3. The molecule has 1 aromatic heterocycles. The molecule has 2 atom stereocenters. The summed E-state index contributed by atoms with van der Waals surface area (Å²) < 4.78 is 0. The van der Waals surface area contributed by atoms with Crippen molar-refractivity contribution in [3.8, 4) is 0 Å². The minimum absolute atomic E-state index is 0.0121. The number of thiazole rings is 1. The molecule has 2 heterocycles. The molecule has 21 heavy (non-hydrogen) atoms. The Hall–Kier alpha value is -1.63. The molecule has 1 saturated heterocycles. The fourth-order valence-corrected chi connectivity index (χ4v) is 3.39. The minimum Gasteiger partial charge on any atom is -0.481 e. The van der Waals surface area contributed by atoms with Gasteiger partial charge in [-0.05, 0) is 33.1 Å². The molecule has 0 radical (unpaired) electrons. The lowest BCUT2D eigenvalue weighted by molar-refractivity contribution is -0.138. The van der Waals surface area contributed by atoms with Crippen LogP contribution in [-0.4, -0.2) is 39.6 Å². The minimum atomic E-state index is -0.858. The Bertz CT molecular complexity index is 517. The average Bonchev–Trinajstić information content (AvgIpc) is 2.85. The first-order valence-corrected chi connectivity index (χ1v) is 8.06. The molecule has 1 aromatic rings. The van der Waals surface area contributed by atoms with E-state index < -0.39 is 5.97 Å². The lowest BCUT2D eigenvalue weighted by atomic mass is 10.00. The van der Waals surface area contributed by atoms with Gasteiger partial charge < -0.3 is 15.3 Å². The third-order valence-corrected chi connectivity index (χ3v) is 4.79. The summed E-state index contributed by atoms with van der Waals surface area (Å²) in [5, 5.41) is 14.7. The summed E-state index contributed by atoms with van der Waals surface area (Å²) >= 11 is 1.52. The van der Waals surface area contributed by atoms with Crippen molar-refractivity contribution in [1.29, 1.82) is 0 Å². The van der Waals surface area contributed by atoms with Crippen molar-refractivity contribution >= 4 is 23.3 Å². The van der Waals surface area contributed by atoms with E-state index in [0.717, 1.165) is 30.0 Å². The normalized spacial score (nSPS) is 20.1. The number of nitrogens with one attached hydrogen (secondary N) is 1. The monoisotopic (exact) mass is 311 g/mol. The van der Waals surface area contributed by atoms with Gasteiger partial charge in [0, 0.05) is 23.7 Å². The molecule has 2 amide bonds. The lowest BCUT2D eigenvalue weighted by Crippen LogP contribution is -2.49. The molecular weight excluding hydrogens is 290 g/mol. The molecular formula is C14H21N3O3S. The van der Waals surface area contributed by atoms with Crippen molar-refractivity contribution in [2.75, 3.05) is 6.54 Å². The van der Waals surface area contributed by atoms with Crippen LogP contribution in [0.5, 0.6) is 0 Å². The van der Waals surface area contributed by atoms with E-state index in [0.29, 0.717) is 6.54 Å². The van der Waals surface area contributed by atoms with Gasteiger partial charge in [-0.3, -0.25) is 4.79 Å². The summed E-state index contributed by atoms with van der Waals surface area (Å²) in [6, 6.07) is -0.564. The maximum Gasteiger partial charge on any atom is 0.318 e. The largest absolute Gasteiger partial charge is 0.481 e. The highest BCUT2D eigenvalue weighted by Crippen LogP contribution is 2.22. The molecule has 6 nitrogen and oxygen atoms in total. The van der Waals surface area contributed by atoms with Crippen molar-refractivity contribution < 1.29 is 14.7 Å². The highest BCUT2D eigenvalue weighted by Gasteiger charge is 2.29. The molecule has 7 heteroatoms. The van der Waals surface area contributed by atoms with E-state index in [1.165, 1.54) is 11.3 Å². The van der Waals surface area contributed by atoms with Crippen LogP contribution in [0.4, 0.5) is 4.79 Å². The van der Waals surface area contributed by atoms with E-state index >= 15 is 0 Å². The van der Waals surface area contributed by atoms with Crippen LogP contribution in [0.1, 0.15) is 49.4 Å². The van der Waals surface area contributed by atoms with Crippen LogP contribution < -0.4 is 5.32 Å². The maximum atomic E-state index is 12.4.